The van der Waals surface area contributed by atoms with E-state index in [0.717, 1.165) is 30.4 Å². The summed E-state index contributed by atoms with van der Waals surface area (Å²) in [6, 6.07) is 14.6. The number of carbonyl (C=O) groups excluding carboxylic acids is 1. The van der Waals surface area contributed by atoms with Gasteiger partial charge in [0.05, 0.1) is 22.3 Å². The Labute approximate surface area is 194 Å². The van der Waals surface area contributed by atoms with Gasteiger partial charge in [-0.2, -0.15) is 5.26 Å². The predicted octanol–water partition coefficient (Wildman–Crippen LogP) is 3.99. The van der Waals surface area contributed by atoms with Crippen molar-refractivity contribution in [2.24, 2.45) is 0 Å². The lowest BCUT2D eigenvalue weighted by molar-refractivity contribution is -0.115. The van der Waals surface area contributed by atoms with Crippen molar-refractivity contribution in [1.82, 2.24) is 10.2 Å². The summed E-state index contributed by atoms with van der Waals surface area (Å²) in [5, 5.41) is 19.8. The summed E-state index contributed by atoms with van der Waals surface area (Å²) >= 11 is 2.71. The van der Waals surface area contributed by atoms with Crippen LogP contribution in [0.25, 0.3) is 0 Å². The second-order valence-electron chi connectivity index (χ2n) is 7.37. The summed E-state index contributed by atoms with van der Waals surface area (Å²) in [6.07, 6.45) is 2.80. The van der Waals surface area contributed by atoms with E-state index in [4.69, 9.17) is 5.26 Å². The maximum atomic E-state index is 12.6. The van der Waals surface area contributed by atoms with E-state index in [2.05, 4.69) is 21.6 Å². The molecule has 1 aliphatic carbocycles. The van der Waals surface area contributed by atoms with E-state index in [1.54, 1.807) is 24.3 Å². The molecule has 2 aromatic carbocycles. The van der Waals surface area contributed by atoms with Crippen molar-refractivity contribution >= 4 is 44.0 Å². The number of aryl methyl sites for hydroxylation is 2. The Bertz CT molecular complexity index is 1280. The largest absolute Gasteiger partial charge is 0.300 e. The Balaban J connectivity index is 1.28. The van der Waals surface area contributed by atoms with Gasteiger partial charge in [-0.1, -0.05) is 41.3 Å². The normalized spacial score (nSPS) is 12.8. The van der Waals surface area contributed by atoms with Crippen LogP contribution >= 0.6 is 23.1 Å². The lowest BCUT2D eigenvalue weighted by Gasteiger charge is -2.07. The third-order valence-electron chi connectivity index (χ3n) is 5.13. The predicted molar refractivity (Wildman–Crippen MR) is 124 cm³/mol. The molecule has 4 rings (SSSR count). The number of thioether (sulfide) groups is 1. The number of benzene rings is 2. The van der Waals surface area contributed by atoms with Crippen molar-refractivity contribution in [2.45, 2.75) is 40.7 Å². The second kappa shape index (κ2) is 9.81. The van der Waals surface area contributed by atoms with Crippen LogP contribution in [0.2, 0.25) is 0 Å². The van der Waals surface area contributed by atoms with Gasteiger partial charge in [0.1, 0.15) is 0 Å². The molecule has 0 unspecified atom stereocenters. The molecule has 164 valence electrons. The van der Waals surface area contributed by atoms with Crippen molar-refractivity contribution in [1.29, 1.82) is 5.26 Å². The number of nitrogens with zero attached hydrogens (tertiary/aromatic N) is 3. The molecule has 1 heterocycles. The second-order valence-corrected chi connectivity index (χ2v) is 11.7. The Hall–Kier alpha value is -2.74. The molecule has 7 nitrogen and oxygen atoms in total. The molecular weight excluding hydrogens is 464 g/mol. The quantitative estimate of drug-likeness (QED) is 0.380. The summed E-state index contributed by atoms with van der Waals surface area (Å²) in [7, 11) is -3.53. The van der Waals surface area contributed by atoms with Crippen molar-refractivity contribution in [2.75, 3.05) is 11.1 Å². The number of nitriles is 1. The molecule has 32 heavy (non-hydrogen) atoms. The number of fused-ring (bicyclic) bond motifs is 1. The number of nitrogens with one attached hydrogen (secondary N) is 1. The number of hydrogen-bond acceptors (Lipinski definition) is 8. The summed E-state index contributed by atoms with van der Waals surface area (Å²) < 4.78 is 25.9. The van der Waals surface area contributed by atoms with Crippen LogP contribution < -0.4 is 5.32 Å². The SMILES string of the molecule is N#Cc1ccc(CSc2nnc(NC(=O)CCS(=O)(=O)c3ccc4c(c3)CCC4)s2)cc1. The van der Waals surface area contributed by atoms with Crippen LogP contribution in [0.4, 0.5) is 5.13 Å². The van der Waals surface area contributed by atoms with Gasteiger partial charge in [0.2, 0.25) is 11.0 Å². The Kier molecular flexibility index (Phi) is 6.89. The highest BCUT2D eigenvalue weighted by atomic mass is 32.2. The molecule has 0 saturated carbocycles. The van der Waals surface area contributed by atoms with Crippen LogP contribution in [0.3, 0.4) is 0 Å². The molecule has 0 radical (unpaired) electrons. The highest BCUT2D eigenvalue weighted by Crippen LogP contribution is 2.29. The summed E-state index contributed by atoms with van der Waals surface area (Å²) in [6.45, 7) is 0. The van der Waals surface area contributed by atoms with Crippen LogP contribution in [0, 0.1) is 11.3 Å². The van der Waals surface area contributed by atoms with Crippen molar-refractivity contribution in [3.05, 3.63) is 64.7 Å². The Morgan fingerprint density at radius 3 is 2.69 bits per heavy atom. The molecule has 0 atom stereocenters. The Morgan fingerprint density at radius 1 is 1.12 bits per heavy atom. The van der Waals surface area contributed by atoms with E-state index < -0.39 is 15.7 Å². The molecule has 0 aliphatic heterocycles. The van der Waals surface area contributed by atoms with E-state index in [1.807, 2.05) is 18.2 Å². The zero-order chi connectivity index (χ0) is 22.6. The van der Waals surface area contributed by atoms with Crippen LogP contribution in [0.1, 0.15) is 35.1 Å². The number of rotatable bonds is 8. The van der Waals surface area contributed by atoms with Gasteiger partial charge in [0, 0.05) is 12.2 Å². The molecule has 3 aromatic rings. The van der Waals surface area contributed by atoms with E-state index in [1.165, 1.54) is 28.7 Å². The first-order valence-electron chi connectivity index (χ1n) is 10.0. The molecule has 0 spiro atoms. The molecule has 1 aliphatic rings. The zero-order valence-corrected chi connectivity index (χ0v) is 19.5. The van der Waals surface area contributed by atoms with E-state index in [0.29, 0.717) is 20.8 Å². The minimum atomic E-state index is -3.53. The molecule has 0 fully saturated rings. The average Bonchev–Trinajstić information content (AvgIpc) is 3.45. The maximum absolute atomic E-state index is 12.6. The standard InChI is InChI=1S/C22H20N4O3S3/c23-13-15-4-6-16(7-5-15)14-30-22-26-25-21(31-22)24-20(27)10-11-32(28,29)19-9-8-17-2-1-3-18(17)12-19/h4-9,12H,1-3,10-11,14H2,(H,24,25,27). The number of aromatic nitrogens is 2. The van der Waals surface area contributed by atoms with E-state index in [-0.39, 0.29) is 17.1 Å². The van der Waals surface area contributed by atoms with Crippen LogP contribution in [-0.4, -0.2) is 30.3 Å². The summed E-state index contributed by atoms with van der Waals surface area (Å²) in [5.74, 6) is -0.00107. The Morgan fingerprint density at radius 2 is 1.91 bits per heavy atom. The monoisotopic (exact) mass is 484 g/mol. The van der Waals surface area contributed by atoms with Crippen molar-refractivity contribution in [3.8, 4) is 6.07 Å². The molecule has 1 amide bonds. The van der Waals surface area contributed by atoms with E-state index >= 15 is 0 Å². The minimum Gasteiger partial charge on any atom is -0.300 e. The molecule has 0 bridgehead atoms. The first-order valence-corrected chi connectivity index (χ1v) is 13.5. The number of hydrogen-bond donors (Lipinski definition) is 1. The van der Waals surface area contributed by atoms with Gasteiger partial charge in [0.15, 0.2) is 14.2 Å². The van der Waals surface area contributed by atoms with Gasteiger partial charge >= 0.3 is 0 Å². The van der Waals surface area contributed by atoms with Crippen molar-refractivity contribution in [3.63, 3.8) is 0 Å². The highest BCUT2D eigenvalue weighted by Gasteiger charge is 2.20. The smallest absolute Gasteiger partial charge is 0.227 e. The lowest BCUT2D eigenvalue weighted by Crippen LogP contribution is -2.17. The number of anilines is 1. The van der Waals surface area contributed by atoms with Gasteiger partial charge in [-0.15, -0.1) is 10.2 Å². The lowest BCUT2D eigenvalue weighted by atomic mass is 10.1. The summed E-state index contributed by atoms with van der Waals surface area (Å²) in [4.78, 5) is 12.5. The fourth-order valence-electron chi connectivity index (χ4n) is 3.41. The maximum Gasteiger partial charge on any atom is 0.227 e. The molecule has 10 heteroatoms. The topological polar surface area (TPSA) is 113 Å². The molecular formula is C22H20N4O3S3. The minimum absolute atomic E-state index is 0.146. The zero-order valence-electron chi connectivity index (χ0n) is 17.1. The van der Waals surface area contributed by atoms with Gasteiger partial charge in [-0.05, 0) is 60.2 Å². The third kappa shape index (κ3) is 5.54. The molecule has 1 N–H and O–H groups in total. The van der Waals surface area contributed by atoms with Crippen LogP contribution in [0.15, 0.2) is 51.7 Å². The average molecular weight is 485 g/mol. The fourth-order valence-corrected chi connectivity index (χ4v) is 6.42. The number of sulfone groups is 1. The van der Waals surface area contributed by atoms with Gasteiger partial charge in [-0.3, -0.25) is 4.79 Å². The number of amides is 1. The van der Waals surface area contributed by atoms with Gasteiger partial charge in [0.25, 0.3) is 0 Å². The first kappa shape index (κ1) is 22.5. The van der Waals surface area contributed by atoms with Crippen LogP contribution in [0.5, 0.6) is 0 Å². The third-order valence-corrected chi connectivity index (χ3v) is 8.88. The summed E-state index contributed by atoms with van der Waals surface area (Å²) in [5.41, 5.74) is 3.96. The van der Waals surface area contributed by atoms with Gasteiger partial charge < -0.3 is 5.32 Å². The fraction of sp³-hybridized carbons (Fsp3) is 0.273. The molecule has 0 saturated heterocycles. The molecule has 1 aromatic heterocycles. The van der Waals surface area contributed by atoms with Gasteiger partial charge in [-0.25, -0.2) is 8.42 Å². The van der Waals surface area contributed by atoms with E-state index in [9.17, 15) is 13.2 Å². The number of carbonyl (C=O) groups is 1. The first-order chi connectivity index (χ1) is 15.4. The van der Waals surface area contributed by atoms with Crippen molar-refractivity contribution < 1.29 is 13.2 Å². The van der Waals surface area contributed by atoms with Crippen LogP contribution in [-0.2, 0) is 33.2 Å². The highest BCUT2D eigenvalue weighted by molar-refractivity contribution is 8.00.